The van der Waals surface area contributed by atoms with Crippen LogP contribution in [0.4, 0.5) is 0 Å². The largest absolute Gasteiger partial charge is 0.0725 e. The van der Waals surface area contributed by atoms with E-state index in [1.54, 1.807) is 0 Å². The maximum Gasteiger partial charge on any atom is 0.0725 e. The van der Waals surface area contributed by atoms with Crippen LogP contribution in [0.25, 0.3) is 89.0 Å². The molecule has 12 rings (SSSR count). The lowest BCUT2D eigenvalue weighted by Crippen LogP contribution is -2.25. The van der Waals surface area contributed by atoms with Gasteiger partial charge in [0.05, 0.1) is 5.41 Å². The Kier molecular flexibility index (Phi) is 9.07. The van der Waals surface area contributed by atoms with E-state index in [4.69, 9.17) is 0 Å². The topological polar surface area (TPSA) is 0 Å². The fourth-order valence-corrected chi connectivity index (χ4v) is 11.1. The second-order valence-electron chi connectivity index (χ2n) is 18.4. The third-order valence-electron chi connectivity index (χ3n) is 14.1. The van der Waals surface area contributed by atoms with Gasteiger partial charge in [0.15, 0.2) is 0 Å². The predicted octanol–water partition coefficient (Wildman–Crippen LogP) is 17.3. The van der Waals surface area contributed by atoms with Gasteiger partial charge in [-0.3, -0.25) is 0 Å². The average Bonchev–Trinajstić information content (AvgIpc) is 3.80. The van der Waals surface area contributed by atoms with Crippen LogP contribution in [0.3, 0.4) is 0 Å². The van der Waals surface area contributed by atoms with E-state index in [9.17, 15) is 0 Å². The molecule has 0 aromatic heterocycles. The SMILES string of the molecule is Cc1cccc(-c2cc(-c3cccc(C)c3)cc(-c3ccc4c(c3)-c3ccccc3C43c4ccccc4-c4cc(-c5cc(-c6cccc(C)c6)cc(-c6ccccc6C)c5)ccc43)c2)c1. The van der Waals surface area contributed by atoms with Crippen LogP contribution in [-0.4, -0.2) is 0 Å². The van der Waals surface area contributed by atoms with Crippen molar-refractivity contribution in [2.24, 2.45) is 0 Å². The van der Waals surface area contributed by atoms with E-state index in [0.29, 0.717) is 0 Å². The summed E-state index contributed by atoms with van der Waals surface area (Å²) in [6.45, 7) is 8.74. The minimum absolute atomic E-state index is 0.444. The van der Waals surface area contributed by atoms with E-state index in [2.05, 4.69) is 246 Å². The average molecular weight is 829 g/mol. The first-order chi connectivity index (χ1) is 31.8. The van der Waals surface area contributed by atoms with Gasteiger partial charge in [-0.1, -0.05) is 187 Å². The van der Waals surface area contributed by atoms with Gasteiger partial charge in [-0.15, -0.1) is 0 Å². The summed E-state index contributed by atoms with van der Waals surface area (Å²) in [5.41, 5.74) is 30.0. The maximum atomic E-state index is 2.47. The standard InChI is InChI=1S/C65H48/c1-41-14-11-18-45(30-41)50-33-51(46-19-12-15-42(2)31-46)35-52(34-50)48-26-28-63-59(39-48)57-22-7-9-24-61(57)65(63)62-25-10-8-23-58(62)60-40-49(27-29-64(60)65)54-36-53(47-20-13-16-43(3)32-47)37-55(38-54)56-21-6-5-17-44(56)4/h5-40H,1-4H3. The van der Waals surface area contributed by atoms with Crippen molar-refractivity contribution in [3.63, 3.8) is 0 Å². The Balaban J connectivity index is 1.04. The van der Waals surface area contributed by atoms with E-state index in [1.165, 1.54) is 134 Å². The summed E-state index contributed by atoms with van der Waals surface area (Å²) < 4.78 is 0. The Morgan fingerprint density at radius 1 is 0.215 bits per heavy atom. The quantitative estimate of drug-likeness (QED) is 0.157. The molecule has 0 radical (unpaired) electrons. The maximum absolute atomic E-state index is 2.47. The highest BCUT2D eigenvalue weighted by molar-refractivity contribution is 5.98. The second kappa shape index (κ2) is 15.2. The molecule has 0 saturated carbocycles. The third kappa shape index (κ3) is 6.35. The van der Waals surface area contributed by atoms with Crippen LogP contribution in [0, 0.1) is 27.7 Å². The molecule has 2 aliphatic carbocycles. The molecule has 65 heavy (non-hydrogen) atoms. The summed E-state index contributed by atoms with van der Waals surface area (Å²) in [7, 11) is 0. The van der Waals surface area contributed by atoms with Gasteiger partial charge in [0, 0.05) is 0 Å². The monoisotopic (exact) mass is 828 g/mol. The normalized spacial score (nSPS) is 14.2. The first-order valence-corrected chi connectivity index (χ1v) is 22.9. The van der Waals surface area contributed by atoms with Crippen LogP contribution in [0.2, 0.25) is 0 Å². The minimum atomic E-state index is -0.444. The van der Waals surface area contributed by atoms with Crippen molar-refractivity contribution in [1.29, 1.82) is 0 Å². The highest BCUT2D eigenvalue weighted by Gasteiger charge is 2.51. The molecule has 0 N–H and O–H groups in total. The predicted molar refractivity (Wildman–Crippen MR) is 274 cm³/mol. The van der Waals surface area contributed by atoms with Crippen molar-refractivity contribution in [3.05, 3.63) is 263 Å². The number of rotatable bonds is 6. The fraction of sp³-hybridized carbons (Fsp3) is 0.0769. The van der Waals surface area contributed by atoms with Crippen LogP contribution in [0.1, 0.15) is 44.5 Å². The molecule has 0 amide bonds. The number of hydrogen-bond acceptors (Lipinski definition) is 0. The molecule has 0 nitrogen and oxygen atoms in total. The summed E-state index contributed by atoms with van der Waals surface area (Å²) in [6.07, 6.45) is 0. The van der Waals surface area contributed by atoms with Crippen molar-refractivity contribution < 1.29 is 0 Å². The fourth-order valence-electron chi connectivity index (χ4n) is 11.1. The molecule has 10 aromatic carbocycles. The van der Waals surface area contributed by atoms with Gasteiger partial charge in [0.25, 0.3) is 0 Å². The smallest absolute Gasteiger partial charge is 0.0620 e. The zero-order valence-corrected chi connectivity index (χ0v) is 37.3. The summed E-state index contributed by atoms with van der Waals surface area (Å²) >= 11 is 0. The zero-order chi connectivity index (χ0) is 43.8. The zero-order valence-electron chi connectivity index (χ0n) is 37.3. The van der Waals surface area contributed by atoms with Gasteiger partial charge in [0.1, 0.15) is 0 Å². The van der Waals surface area contributed by atoms with Gasteiger partial charge < -0.3 is 0 Å². The van der Waals surface area contributed by atoms with E-state index in [-0.39, 0.29) is 0 Å². The van der Waals surface area contributed by atoms with Gasteiger partial charge in [-0.05, 0) is 193 Å². The number of fused-ring (bicyclic) bond motifs is 10. The number of aryl methyl sites for hydroxylation is 4. The van der Waals surface area contributed by atoms with E-state index in [0.717, 1.165) is 0 Å². The molecule has 0 heteroatoms. The van der Waals surface area contributed by atoms with Gasteiger partial charge >= 0.3 is 0 Å². The lowest BCUT2D eigenvalue weighted by molar-refractivity contribution is 0.794. The summed E-state index contributed by atoms with van der Waals surface area (Å²) in [5, 5.41) is 0. The molecular weight excluding hydrogens is 781 g/mol. The van der Waals surface area contributed by atoms with Gasteiger partial charge in [-0.25, -0.2) is 0 Å². The van der Waals surface area contributed by atoms with Crippen LogP contribution >= 0.6 is 0 Å². The van der Waals surface area contributed by atoms with Gasteiger partial charge in [0.2, 0.25) is 0 Å². The molecule has 2 aliphatic rings. The Bertz CT molecular complexity index is 3480. The molecular formula is C65H48. The molecule has 1 unspecified atom stereocenters. The Labute approximate surface area is 383 Å². The van der Waals surface area contributed by atoms with E-state index < -0.39 is 5.41 Å². The molecule has 0 saturated heterocycles. The van der Waals surface area contributed by atoms with E-state index >= 15 is 0 Å². The lowest BCUT2D eigenvalue weighted by atomic mass is 9.70. The minimum Gasteiger partial charge on any atom is -0.0620 e. The summed E-state index contributed by atoms with van der Waals surface area (Å²) in [6, 6.07) is 82.5. The lowest BCUT2D eigenvalue weighted by Gasteiger charge is -2.30. The van der Waals surface area contributed by atoms with Crippen molar-refractivity contribution >= 4 is 0 Å². The van der Waals surface area contributed by atoms with Gasteiger partial charge in [-0.2, -0.15) is 0 Å². The summed E-state index contributed by atoms with van der Waals surface area (Å²) in [5.74, 6) is 0. The van der Waals surface area contributed by atoms with Crippen LogP contribution in [0.5, 0.6) is 0 Å². The molecule has 0 bridgehead atoms. The Hall–Kier alpha value is -7.80. The Morgan fingerprint density at radius 2 is 0.554 bits per heavy atom. The second-order valence-corrected chi connectivity index (χ2v) is 18.4. The first kappa shape index (κ1) is 38.8. The van der Waals surface area contributed by atoms with Crippen molar-refractivity contribution in [3.8, 4) is 89.0 Å². The highest BCUT2D eigenvalue weighted by Crippen LogP contribution is 2.63. The molecule has 1 spiro atoms. The number of hydrogen-bond donors (Lipinski definition) is 0. The number of benzene rings is 10. The molecule has 0 fully saturated rings. The van der Waals surface area contributed by atoms with Crippen LogP contribution in [0.15, 0.2) is 218 Å². The molecule has 0 aliphatic heterocycles. The van der Waals surface area contributed by atoms with E-state index in [1.807, 2.05) is 0 Å². The Morgan fingerprint density at radius 3 is 0.954 bits per heavy atom. The highest BCUT2D eigenvalue weighted by atomic mass is 14.5. The van der Waals surface area contributed by atoms with Crippen molar-refractivity contribution in [2.75, 3.05) is 0 Å². The van der Waals surface area contributed by atoms with Crippen molar-refractivity contribution in [1.82, 2.24) is 0 Å². The van der Waals surface area contributed by atoms with Crippen molar-refractivity contribution in [2.45, 2.75) is 33.1 Å². The summed E-state index contributed by atoms with van der Waals surface area (Å²) in [4.78, 5) is 0. The third-order valence-corrected chi connectivity index (χ3v) is 14.1. The van der Waals surface area contributed by atoms with Crippen LogP contribution in [-0.2, 0) is 5.41 Å². The molecule has 0 heterocycles. The molecule has 308 valence electrons. The molecule has 10 aromatic rings. The molecule has 1 atom stereocenters. The first-order valence-electron chi connectivity index (χ1n) is 22.9. The van der Waals surface area contributed by atoms with Crippen LogP contribution < -0.4 is 0 Å².